The maximum atomic E-state index is 6.42. The largest absolute Gasteiger partial charge is 0.455 e. The van der Waals surface area contributed by atoms with Crippen molar-refractivity contribution in [1.82, 2.24) is 9.97 Å². The van der Waals surface area contributed by atoms with Crippen molar-refractivity contribution < 1.29 is 4.42 Å². The van der Waals surface area contributed by atoms with Crippen LogP contribution in [0.3, 0.4) is 0 Å². The highest BCUT2D eigenvalue weighted by Crippen LogP contribution is 2.39. The van der Waals surface area contributed by atoms with Crippen LogP contribution in [0.5, 0.6) is 0 Å². The summed E-state index contributed by atoms with van der Waals surface area (Å²) in [6, 6.07) is 50.9. The van der Waals surface area contributed by atoms with E-state index in [0.29, 0.717) is 5.82 Å². The fourth-order valence-electron chi connectivity index (χ4n) is 6.39. The van der Waals surface area contributed by atoms with Crippen molar-refractivity contribution in [1.29, 1.82) is 0 Å². The molecule has 0 saturated carbocycles. The predicted molar refractivity (Wildman–Crippen MR) is 178 cm³/mol. The van der Waals surface area contributed by atoms with Gasteiger partial charge in [-0.3, -0.25) is 0 Å². The summed E-state index contributed by atoms with van der Waals surface area (Å²) >= 11 is 0. The zero-order valence-electron chi connectivity index (χ0n) is 23.2. The summed E-state index contributed by atoms with van der Waals surface area (Å²) in [5.74, 6) is 0.685. The lowest BCUT2D eigenvalue weighted by Gasteiger charge is -2.13. The first kappa shape index (κ1) is 23.9. The van der Waals surface area contributed by atoms with E-state index in [1.54, 1.807) is 0 Å². The van der Waals surface area contributed by atoms with Gasteiger partial charge in [0.05, 0.1) is 11.4 Å². The van der Waals surface area contributed by atoms with Gasteiger partial charge in [-0.1, -0.05) is 115 Å². The Kier molecular flexibility index (Phi) is 5.20. The quantitative estimate of drug-likeness (QED) is 0.163. The number of para-hydroxylation sites is 2. The summed E-state index contributed by atoms with van der Waals surface area (Å²) in [7, 11) is 0. The summed E-state index contributed by atoms with van der Waals surface area (Å²) < 4.78 is 6.42. The molecule has 7 aromatic carbocycles. The fraction of sp³-hybridized carbons (Fsp3) is 0. The van der Waals surface area contributed by atoms with Gasteiger partial charge >= 0.3 is 0 Å². The Balaban J connectivity index is 1.32. The van der Waals surface area contributed by atoms with Crippen molar-refractivity contribution in [3.8, 4) is 33.9 Å². The van der Waals surface area contributed by atoms with Crippen LogP contribution in [0.15, 0.2) is 150 Å². The standard InChI is InChI=1S/C40H24N2O/c1-2-10-25(11-3-1)40-41-36(24-37(42-40)34-18-9-17-33-32-14-6-7-19-38(32)43-39(33)34)31-16-8-15-29-30(31)21-20-28-22-26-12-4-5-13-27(26)23-35(28)29/h1-24H. The lowest BCUT2D eigenvalue weighted by atomic mass is 9.94. The molecule has 200 valence electrons. The van der Waals surface area contributed by atoms with Gasteiger partial charge in [0.1, 0.15) is 11.2 Å². The molecule has 0 amide bonds. The van der Waals surface area contributed by atoms with Crippen LogP contribution in [0.4, 0.5) is 0 Å². The van der Waals surface area contributed by atoms with Crippen LogP contribution in [-0.4, -0.2) is 9.97 Å². The second-order valence-corrected chi connectivity index (χ2v) is 11.0. The van der Waals surface area contributed by atoms with Crippen LogP contribution < -0.4 is 0 Å². The van der Waals surface area contributed by atoms with E-state index in [-0.39, 0.29) is 0 Å². The SMILES string of the molecule is c1ccc(-c2nc(-c3cccc4c3ccc3cc5ccccc5cc34)cc(-c3cccc4c3oc3ccccc34)n2)cc1. The van der Waals surface area contributed by atoms with Gasteiger partial charge < -0.3 is 4.42 Å². The highest BCUT2D eigenvalue weighted by Gasteiger charge is 2.17. The molecule has 9 aromatic rings. The molecule has 2 aromatic heterocycles. The Morgan fingerprint density at radius 1 is 0.395 bits per heavy atom. The molecule has 0 atom stereocenters. The van der Waals surface area contributed by atoms with Crippen LogP contribution in [-0.2, 0) is 0 Å². The number of furan rings is 1. The predicted octanol–water partition coefficient (Wildman–Crippen LogP) is 10.8. The van der Waals surface area contributed by atoms with Gasteiger partial charge in [-0.2, -0.15) is 0 Å². The second-order valence-electron chi connectivity index (χ2n) is 11.0. The van der Waals surface area contributed by atoms with E-state index in [1.807, 2.05) is 36.4 Å². The topological polar surface area (TPSA) is 38.9 Å². The molecular formula is C40H24N2O. The van der Waals surface area contributed by atoms with Crippen molar-refractivity contribution in [2.75, 3.05) is 0 Å². The van der Waals surface area contributed by atoms with Crippen molar-refractivity contribution in [3.05, 3.63) is 146 Å². The maximum Gasteiger partial charge on any atom is 0.160 e. The lowest BCUT2D eigenvalue weighted by Crippen LogP contribution is -1.96. The van der Waals surface area contributed by atoms with E-state index in [4.69, 9.17) is 14.4 Å². The van der Waals surface area contributed by atoms with E-state index in [0.717, 1.165) is 55.4 Å². The molecule has 0 fully saturated rings. The zero-order chi connectivity index (χ0) is 28.3. The molecule has 0 saturated heterocycles. The third-order valence-electron chi connectivity index (χ3n) is 8.46. The first-order valence-corrected chi connectivity index (χ1v) is 14.5. The van der Waals surface area contributed by atoms with Gasteiger partial charge in [-0.15, -0.1) is 0 Å². The Morgan fingerprint density at radius 2 is 1.07 bits per heavy atom. The van der Waals surface area contributed by atoms with Gasteiger partial charge in [-0.05, 0) is 62.6 Å². The summed E-state index contributed by atoms with van der Waals surface area (Å²) in [5, 5.41) is 9.51. The van der Waals surface area contributed by atoms with Gasteiger partial charge in [0.2, 0.25) is 0 Å². The summed E-state index contributed by atoms with van der Waals surface area (Å²) in [4.78, 5) is 10.3. The molecule has 0 radical (unpaired) electrons. The van der Waals surface area contributed by atoms with Crippen molar-refractivity contribution in [3.63, 3.8) is 0 Å². The van der Waals surface area contributed by atoms with Gasteiger partial charge in [-0.25, -0.2) is 9.97 Å². The van der Waals surface area contributed by atoms with Crippen molar-refractivity contribution in [2.24, 2.45) is 0 Å². The minimum absolute atomic E-state index is 0.685. The average Bonchev–Trinajstić information content (AvgIpc) is 3.46. The lowest BCUT2D eigenvalue weighted by molar-refractivity contribution is 0.670. The van der Waals surface area contributed by atoms with Crippen molar-refractivity contribution in [2.45, 2.75) is 0 Å². The second kappa shape index (κ2) is 9.37. The highest BCUT2D eigenvalue weighted by molar-refractivity contribution is 6.15. The summed E-state index contributed by atoms with van der Waals surface area (Å²) in [6.07, 6.45) is 0. The Labute approximate surface area is 247 Å². The van der Waals surface area contributed by atoms with E-state index in [2.05, 4.69) is 109 Å². The normalized spacial score (nSPS) is 11.7. The minimum atomic E-state index is 0.685. The first-order valence-electron chi connectivity index (χ1n) is 14.5. The van der Waals surface area contributed by atoms with Gasteiger partial charge in [0, 0.05) is 27.5 Å². The maximum absolute atomic E-state index is 6.42. The summed E-state index contributed by atoms with van der Waals surface area (Å²) in [6.45, 7) is 0. The monoisotopic (exact) mass is 548 g/mol. The molecule has 0 N–H and O–H groups in total. The molecule has 0 aliphatic heterocycles. The van der Waals surface area contributed by atoms with E-state index >= 15 is 0 Å². The number of aromatic nitrogens is 2. The smallest absolute Gasteiger partial charge is 0.160 e. The number of fused-ring (bicyclic) bond motifs is 7. The Morgan fingerprint density at radius 3 is 1.93 bits per heavy atom. The molecule has 2 heterocycles. The number of hydrogen-bond donors (Lipinski definition) is 0. The number of nitrogens with zero attached hydrogens (tertiary/aromatic N) is 2. The first-order chi connectivity index (χ1) is 21.3. The Hall–Kier alpha value is -5.80. The minimum Gasteiger partial charge on any atom is -0.455 e. The van der Waals surface area contributed by atoms with E-state index in [1.165, 1.54) is 26.9 Å². The molecule has 3 heteroatoms. The molecule has 0 bridgehead atoms. The fourth-order valence-corrected chi connectivity index (χ4v) is 6.39. The van der Waals surface area contributed by atoms with Crippen LogP contribution >= 0.6 is 0 Å². The third kappa shape index (κ3) is 3.83. The van der Waals surface area contributed by atoms with Crippen LogP contribution in [0.2, 0.25) is 0 Å². The molecule has 43 heavy (non-hydrogen) atoms. The molecule has 9 rings (SSSR count). The van der Waals surface area contributed by atoms with E-state index < -0.39 is 0 Å². The van der Waals surface area contributed by atoms with Crippen molar-refractivity contribution >= 4 is 54.3 Å². The molecule has 0 unspecified atom stereocenters. The summed E-state index contributed by atoms with van der Waals surface area (Å²) in [5.41, 5.74) is 6.41. The molecule has 0 spiro atoms. The van der Waals surface area contributed by atoms with Gasteiger partial charge in [0.25, 0.3) is 0 Å². The number of rotatable bonds is 3. The molecule has 0 aliphatic carbocycles. The number of hydrogen-bond acceptors (Lipinski definition) is 3. The molecule has 3 nitrogen and oxygen atoms in total. The van der Waals surface area contributed by atoms with Gasteiger partial charge in [0.15, 0.2) is 5.82 Å². The zero-order valence-corrected chi connectivity index (χ0v) is 23.2. The molecular weight excluding hydrogens is 524 g/mol. The number of benzene rings is 7. The van der Waals surface area contributed by atoms with Crippen LogP contribution in [0.25, 0.3) is 88.2 Å². The Bertz CT molecular complexity index is 2510. The van der Waals surface area contributed by atoms with Crippen LogP contribution in [0.1, 0.15) is 0 Å². The average molecular weight is 549 g/mol. The highest BCUT2D eigenvalue weighted by atomic mass is 16.3. The molecule has 0 aliphatic rings. The third-order valence-corrected chi connectivity index (χ3v) is 8.46. The van der Waals surface area contributed by atoms with Crippen LogP contribution in [0, 0.1) is 0 Å². The van der Waals surface area contributed by atoms with E-state index in [9.17, 15) is 0 Å².